The molecular weight excluding hydrogens is 627 g/mol. The minimum Gasteiger partial charge on any atom is -0.437 e. The Morgan fingerprint density at radius 1 is 0.500 bits per heavy atom. The van der Waals surface area contributed by atoms with Crippen LogP contribution in [0.5, 0.6) is 0 Å². The Morgan fingerprint density at radius 3 is 1.71 bits per heavy atom. The van der Waals surface area contributed by atoms with Crippen molar-refractivity contribution in [3.05, 3.63) is 127 Å². The lowest BCUT2D eigenvalue weighted by molar-refractivity contribution is 0.651. The van der Waals surface area contributed by atoms with Crippen molar-refractivity contribution < 1.29 is 4.42 Å². The first-order valence-electron chi connectivity index (χ1n) is 16.0. The van der Waals surface area contributed by atoms with Gasteiger partial charge in [-0.05, 0) is 41.1 Å². The number of rotatable bonds is 2. The molecule has 0 radical (unpaired) electrons. The molecule has 0 bridgehead atoms. The molecule has 0 spiro atoms. The highest BCUT2D eigenvalue weighted by atomic mass is 32.1. The molecule has 0 atom stereocenters. The number of hydrogen-bond acceptors (Lipinski definition) is 5. The van der Waals surface area contributed by atoms with Crippen LogP contribution in [0.15, 0.2) is 132 Å². The average Bonchev–Trinajstić information content (AvgIpc) is 3.89. The van der Waals surface area contributed by atoms with Gasteiger partial charge in [-0.15, -0.1) is 22.7 Å². The third kappa shape index (κ3) is 3.14. The van der Waals surface area contributed by atoms with Gasteiger partial charge in [-0.2, -0.15) is 4.98 Å². The van der Waals surface area contributed by atoms with E-state index in [0.717, 1.165) is 38.6 Å². The molecule has 6 heteroatoms. The molecule has 12 rings (SSSR count). The van der Waals surface area contributed by atoms with Gasteiger partial charge in [-0.1, -0.05) is 97.1 Å². The van der Waals surface area contributed by atoms with Crippen LogP contribution in [0.1, 0.15) is 0 Å². The predicted octanol–water partition coefficient (Wildman–Crippen LogP) is 12.5. The molecule has 48 heavy (non-hydrogen) atoms. The van der Waals surface area contributed by atoms with Crippen molar-refractivity contribution in [2.24, 2.45) is 0 Å². The Morgan fingerprint density at radius 2 is 1.06 bits per heavy atom. The third-order valence-electron chi connectivity index (χ3n) is 9.96. The van der Waals surface area contributed by atoms with Crippen LogP contribution >= 0.6 is 22.7 Å². The van der Waals surface area contributed by atoms with Crippen LogP contribution in [0.3, 0.4) is 0 Å². The Hall–Kier alpha value is -5.82. The first-order chi connectivity index (χ1) is 23.8. The molecule has 7 aromatic carbocycles. The Bertz CT molecular complexity index is 3150. The summed E-state index contributed by atoms with van der Waals surface area (Å²) < 4.78 is 13.9. The van der Waals surface area contributed by atoms with Crippen molar-refractivity contribution >= 4 is 118 Å². The predicted molar refractivity (Wildman–Crippen MR) is 204 cm³/mol. The van der Waals surface area contributed by atoms with E-state index in [2.05, 4.69) is 114 Å². The highest BCUT2D eigenvalue weighted by Gasteiger charge is 2.27. The molecule has 0 N–H and O–H groups in total. The molecule has 0 fully saturated rings. The SMILES string of the molecule is c1ccc(-c2nc(-n3c4c5sc6ccccc6c5cc5ccc6cc7c8ccccc8sc7c3c6c54)nc3oc4ccccc4c23)cc1. The van der Waals surface area contributed by atoms with E-state index in [1.54, 1.807) is 0 Å². The monoisotopic (exact) mass is 647 g/mol. The lowest BCUT2D eigenvalue weighted by atomic mass is 9.98. The Kier molecular flexibility index (Phi) is 4.72. The van der Waals surface area contributed by atoms with Gasteiger partial charge in [0.25, 0.3) is 0 Å². The van der Waals surface area contributed by atoms with Crippen LogP contribution in [0.2, 0.25) is 0 Å². The molecule has 222 valence electrons. The number of thiophene rings is 2. The van der Waals surface area contributed by atoms with E-state index in [1.807, 2.05) is 40.9 Å². The Labute approximate surface area is 280 Å². The highest BCUT2D eigenvalue weighted by molar-refractivity contribution is 7.27. The van der Waals surface area contributed by atoms with Gasteiger partial charge in [0.15, 0.2) is 0 Å². The summed E-state index contributed by atoms with van der Waals surface area (Å²) in [4.78, 5) is 10.8. The van der Waals surface area contributed by atoms with Gasteiger partial charge in [0, 0.05) is 52.7 Å². The summed E-state index contributed by atoms with van der Waals surface area (Å²) in [6.07, 6.45) is 0. The second-order valence-electron chi connectivity index (χ2n) is 12.5. The average molecular weight is 648 g/mol. The minimum atomic E-state index is 0.593. The molecule has 0 saturated heterocycles. The normalized spacial score (nSPS) is 12.6. The molecule has 0 aliphatic heterocycles. The first kappa shape index (κ1) is 25.3. The third-order valence-corrected chi connectivity index (χ3v) is 12.3. The summed E-state index contributed by atoms with van der Waals surface area (Å²) in [5, 5.41) is 12.0. The zero-order valence-corrected chi connectivity index (χ0v) is 26.8. The largest absolute Gasteiger partial charge is 0.437 e. The number of fused-ring (bicyclic) bond motifs is 11. The summed E-state index contributed by atoms with van der Waals surface area (Å²) >= 11 is 3.70. The molecule has 12 aromatic rings. The van der Waals surface area contributed by atoms with Gasteiger partial charge in [0.1, 0.15) is 5.58 Å². The summed E-state index contributed by atoms with van der Waals surface area (Å²) in [6, 6.07) is 45.4. The Balaban J connectivity index is 1.36. The van der Waals surface area contributed by atoms with Gasteiger partial charge >= 0.3 is 0 Å². The lowest BCUT2D eigenvalue weighted by Crippen LogP contribution is -2.03. The van der Waals surface area contributed by atoms with E-state index >= 15 is 0 Å². The zero-order valence-electron chi connectivity index (χ0n) is 25.2. The molecule has 0 saturated carbocycles. The van der Waals surface area contributed by atoms with Crippen molar-refractivity contribution in [1.29, 1.82) is 0 Å². The first-order valence-corrected chi connectivity index (χ1v) is 17.6. The van der Waals surface area contributed by atoms with Crippen LogP contribution in [0.4, 0.5) is 0 Å². The van der Waals surface area contributed by atoms with Gasteiger partial charge < -0.3 is 4.42 Å². The zero-order chi connectivity index (χ0) is 31.1. The van der Waals surface area contributed by atoms with Crippen LogP contribution < -0.4 is 0 Å². The van der Waals surface area contributed by atoms with Crippen LogP contribution in [-0.2, 0) is 0 Å². The summed E-state index contributed by atoms with van der Waals surface area (Å²) in [5.41, 5.74) is 5.62. The minimum absolute atomic E-state index is 0.593. The van der Waals surface area contributed by atoms with E-state index in [0.29, 0.717) is 11.7 Å². The maximum absolute atomic E-state index is 6.54. The van der Waals surface area contributed by atoms with Gasteiger partial charge in [0.2, 0.25) is 11.7 Å². The maximum atomic E-state index is 6.54. The number of hydrogen-bond donors (Lipinski definition) is 0. The standard InChI is InChI=1S/C42H21N3OS2/c1-2-10-22(11-3-1)36-35-27-14-4-7-15-30(27)46-41(35)44-42(43-36)45-37-33-23(20-28-25-12-5-8-16-31(25)47-39(28)37)18-19-24-21-29-26-13-6-9-17-32(26)48-40(29)38(45)34(24)33/h1-21H. The molecule has 5 aromatic heterocycles. The van der Waals surface area contributed by atoms with Crippen LogP contribution in [0, 0.1) is 0 Å². The summed E-state index contributed by atoms with van der Waals surface area (Å²) in [6.45, 7) is 0. The molecule has 0 aliphatic carbocycles. The van der Waals surface area contributed by atoms with Crippen LogP contribution in [-0.4, -0.2) is 14.5 Å². The second kappa shape index (κ2) is 8.95. The molecule has 0 unspecified atom stereocenters. The molecule has 0 aliphatic rings. The van der Waals surface area contributed by atoms with Crippen LogP contribution in [0.25, 0.3) is 112 Å². The molecule has 5 heterocycles. The van der Waals surface area contributed by atoms with E-state index in [1.165, 1.54) is 61.9 Å². The topological polar surface area (TPSA) is 43.9 Å². The molecule has 0 amide bonds. The highest BCUT2D eigenvalue weighted by Crippen LogP contribution is 2.50. The molecule has 4 nitrogen and oxygen atoms in total. The van der Waals surface area contributed by atoms with Gasteiger partial charge in [-0.25, -0.2) is 4.98 Å². The van der Waals surface area contributed by atoms with E-state index in [9.17, 15) is 0 Å². The fourth-order valence-corrected chi connectivity index (χ4v) is 10.4. The lowest BCUT2D eigenvalue weighted by Gasteiger charge is -2.10. The van der Waals surface area contributed by atoms with Crippen molar-refractivity contribution in [2.75, 3.05) is 0 Å². The van der Waals surface area contributed by atoms with Gasteiger partial charge in [0.05, 0.1) is 31.5 Å². The summed E-state index contributed by atoms with van der Waals surface area (Å²) in [7, 11) is 0. The van der Waals surface area contributed by atoms with Crippen molar-refractivity contribution in [2.45, 2.75) is 0 Å². The van der Waals surface area contributed by atoms with E-state index in [-0.39, 0.29) is 0 Å². The van der Waals surface area contributed by atoms with E-state index in [4.69, 9.17) is 14.4 Å². The fraction of sp³-hybridized carbons (Fsp3) is 0. The number of para-hydroxylation sites is 1. The second-order valence-corrected chi connectivity index (χ2v) is 14.6. The maximum Gasteiger partial charge on any atom is 0.238 e. The number of benzene rings is 7. The molecular formula is C42H21N3OS2. The number of aromatic nitrogens is 3. The fourth-order valence-electron chi connectivity index (χ4n) is 7.95. The van der Waals surface area contributed by atoms with Crippen molar-refractivity contribution in [3.8, 4) is 17.2 Å². The van der Waals surface area contributed by atoms with Crippen molar-refractivity contribution in [1.82, 2.24) is 14.5 Å². The van der Waals surface area contributed by atoms with E-state index < -0.39 is 0 Å². The number of furan rings is 1. The summed E-state index contributed by atoms with van der Waals surface area (Å²) in [5.74, 6) is 0.620. The quantitative estimate of drug-likeness (QED) is 0.175. The number of nitrogens with zero attached hydrogens (tertiary/aromatic N) is 3. The smallest absolute Gasteiger partial charge is 0.238 e. The van der Waals surface area contributed by atoms with Crippen molar-refractivity contribution in [3.63, 3.8) is 0 Å². The van der Waals surface area contributed by atoms with Gasteiger partial charge in [-0.3, -0.25) is 4.57 Å².